The minimum absolute atomic E-state index is 0. The zero-order chi connectivity index (χ0) is 21.3. The van der Waals surface area contributed by atoms with E-state index in [1.54, 1.807) is 14.2 Å². The second-order valence-electron chi connectivity index (χ2n) is 7.10. The van der Waals surface area contributed by atoms with Crippen LogP contribution in [0.5, 0.6) is 0 Å². The van der Waals surface area contributed by atoms with Crippen LogP contribution in [0, 0.1) is 15.5 Å². The minimum Gasteiger partial charge on any atom is -0.385 e. The van der Waals surface area contributed by atoms with E-state index in [9.17, 15) is 18.5 Å². The normalized spacial score (nSPS) is 15.6. The van der Waals surface area contributed by atoms with Crippen LogP contribution in [0.25, 0.3) is 0 Å². The molecule has 170 valence electrons. The molecule has 1 saturated carbocycles. The van der Waals surface area contributed by atoms with Crippen molar-refractivity contribution in [3.05, 3.63) is 34.4 Å². The summed E-state index contributed by atoms with van der Waals surface area (Å²) in [6, 6.07) is 4.95. The molecule has 2 rings (SSSR count). The van der Waals surface area contributed by atoms with Gasteiger partial charge >= 0.3 is 0 Å². The highest BCUT2D eigenvalue weighted by Gasteiger charge is 2.36. The summed E-state index contributed by atoms with van der Waals surface area (Å²) >= 11 is 0. The Hall–Kier alpha value is -1.51. The van der Waals surface area contributed by atoms with Crippen molar-refractivity contribution in [1.29, 1.82) is 0 Å². The molecule has 0 saturated heterocycles. The first kappa shape index (κ1) is 26.5. The number of guanidine groups is 1. The van der Waals surface area contributed by atoms with Crippen LogP contribution >= 0.6 is 24.0 Å². The number of nitro benzene ring substituents is 1. The van der Waals surface area contributed by atoms with Gasteiger partial charge in [0, 0.05) is 52.5 Å². The number of non-ortho nitro benzene ring substituents is 1. The van der Waals surface area contributed by atoms with Crippen LogP contribution < -0.4 is 15.4 Å². The summed E-state index contributed by atoms with van der Waals surface area (Å²) in [5.41, 5.74) is -0.0361. The standard InChI is InChI=1S/C18H29N5O5S.HI/c1-19-17(21-14-18(7-4-8-18)9-12-28-2)20-10-11-22-29(26,27)16-6-3-5-15(13-16)23(24)25;/h3,5-6,13,22H,4,7-12,14H2,1-2H3,(H2,19,20,21);1H. The van der Waals surface area contributed by atoms with Gasteiger partial charge in [-0.1, -0.05) is 12.5 Å². The average Bonchev–Trinajstić information content (AvgIpc) is 2.68. The van der Waals surface area contributed by atoms with E-state index in [0.29, 0.717) is 12.5 Å². The van der Waals surface area contributed by atoms with E-state index in [4.69, 9.17) is 4.74 Å². The number of hydrogen-bond acceptors (Lipinski definition) is 6. The highest BCUT2D eigenvalue weighted by molar-refractivity contribution is 14.0. The molecule has 0 aliphatic heterocycles. The summed E-state index contributed by atoms with van der Waals surface area (Å²) in [5, 5.41) is 17.2. The van der Waals surface area contributed by atoms with Crippen LogP contribution in [0.1, 0.15) is 25.7 Å². The molecule has 0 spiro atoms. The fraction of sp³-hybridized carbons (Fsp3) is 0.611. The number of nitrogens with one attached hydrogen (secondary N) is 3. The Morgan fingerprint density at radius 2 is 2.03 bits per heavy atom. The van der Waals surface area contributed by atoms with Crippen molar-refractivity contribution in [1.82, 2.24) is 15.4 Å². The van der Waals surface area contributed by atoms with Gasteiger partial charge in [-0.25, -0.2) is 13.1 Å². The molecule has 1 aromatic carbocycles. The molecule has 0 radical (unpaired) electrons. The molecule has 0 atom stereocenters. The van der Waals surface area contributed by atoms with Crippen molar-refractivity contribution in [2.45, 2.75) is 30.6 Å². The number of nitro groups is 1. The lowest BCUT2D eigenvalue weighted by atomic mass is 9.67. The number of hydrogen-bond donors (Lipinski definition) is 3. The van der Waals surface area contributed by atoms with Gasteiger partial charge in [-0.2, -0.15) is 0 Å². The van der Waals surface area contributed by atoms with Gasteiger partial charge in [0.1, 0.15) is 0 Å². The number of benzene rings is 1. The van der Waals surface area contributed by atoms with Crippen LogP contribution in [0.15, 0.2) is 34.2 Å². The summed E-state index contributed by atoms with van der Waals surface area (Å²) in [4.78, 5) is 14.2. The van der Waals surface area contributed by atoms with Gasteiger partial charge in [0.15, 0.2) is 5.96 Å². The molecule has 0 amide bonds. The summed E-state index contributed by atoms with van der Waals surface area (Å²) in [6.07, 6.45) is 4.53. The SMILES string of the molecule is CN=C(NCCNS(=O)(=O)c1cccc([N+](=O)[O-])c1)NCC1(CCOC)CCC1.I. The van der Waals surface area contributed by atoms with Gasteiger partial charge in [-0.05, 0) is 30.7 Å². The van der Waals surface area contributed by atoms with Gasteiger partial charge in [0.05, 0.1) is 9.82 Å². The lowest BCUT2D eigenvalue weighted by Crippen LogP contribution is -2.48. The van der Waals surface area contributed by atoms with Crippen molar-refractivity contribution >= 4 is 45.6 Å². The molecule has 12 heteroatoms. The molecule has 1 aliphatic rings. The van der Waals surface area contributed by atoms with Crippen LogP contribution in [0.4, 0.5) is 5.69 Å². The van der Waals surface area contributed by atoms with Gasteiger partial charge in [-0.3, -0.25) is 15.1 Å². The molecular weight excluding hydrogens is 525 g/mol. The van der Waals surface area contributed by atoms with Crippen LogP contribution in [0.3, 0.4) is 0 Å². The van der Waals surface area contributed by atoms with Crippen molar-refractivity contribution in [3.8, 4) is 0 Å². The van der Waals surface area contributed by atoms with E-state index in [-0.39, 0.29) is 46.5 Å². The maximum Gasteiger partial charge on any atom is 0.270 e. The molecular formula is C18H30IN5O5S. The Morgan fingerprint density at radius 1 is 1.30 bits per heavy atom. The third-order valence-corrected chi connectivity index (χ3v) is 6.61. The maximum absolute atomic E-state index is 12.3. The minimum atomic E-state index is -3.83. The first-order valence-electron chi connectivity index (χ1n) is 9.49. The third kappa shape index (κ3) is 7.63. The van der Waals surface area contributed by atoms with E-state index >= 15 is 0 Å². The quantitative estimate of drug-likeness (QED) is 0.0948. The van der Waals surface area contributed by atoms with Gasteiger partial charge in [-0.15, -0.1) is 24.0 Å². The van der Waals surface area contributed by atoms with Crippen molar-refractivity contribution in [3.63, 3.8) is 0 Å². The summed E-state index contributed by atoms with van der Waals surface area (Å²) in [7, 11) is -0.469. The number of aliphatic imine (C=N–C) groups is 1. The topological polar surface area (TPSA) is 135 Å². The lowest BCUT2D eigenvalue weighted by molar-refractivity contribution is -0.385. The van der Waals surface area contributed by atoms with E-state index in [0.717, 1.165) is 38.5 Å². The Labute approximate surface area is 194 Å². The molecule has 0 heterocycles. The van der Waals surface area contributed by atoms with E-state index in [1.807, 2.05) is 0 Å². The second-order valence-corrected chi connectivity index (χ2v) is 8.87. The smallest absolute Gasteiger partial charge is 0.270 e. The summed E-state index contributed by atoms with van der Waals surface area (Å²) < 4.78 is 32.2. The average molecular weight is 555 g/mol. The number of rotatable bonds is 11. The van der Waals surface area contributed by atoms with Crippen LogP contribution in [-0.4, -0.2) is 59.7 Å². The second kappa shape index (κ2) is 12.4. The van der Waals surface area contributed by atoms with E-state index in [2.05, 4.69) is 20.3 Å². The molecule has 3 N–H and O–H groups in total. The summed E-state index contributed by atoms with van der Waals surface area (Å²) in [6.45, 7) is 1.95. The van der Waals surface area contributed by atoms with Gasteiger partial charge < -0.3 is 15.4 Å². The Morgan fingerprint density at radius 3 is 2.60 bits per heavy atom. The molecule has 0 bridgehead atoms. The molecule has 10 nitrogen and oxygen atoms in total. The van der Waals surface area contributed by atoms with Crippen molar-refractivity contribution in [2.75, 3.05) is 40.4 Å². The Balaban J connectivity index is 0.00000450. The fourth-order valence-corrected chi connectivity index (χ4v) is 4.29. The predicted octanol–water partition coefficient (Wildman–Crippen LogP) is 1.86. The Bertz CT molecular complexity index is 830. The lowest BCUT2D eigenvalue weighted by Gasteiger charge is -2.42. The fourth-order valence-electron chi connectivity index (χ4n) is 3.22. The first-order valence-corrected chi connectivity index (χ1v) is 11.0. The van der Waals surface area contributed by atoms with Crippen LogP contribution in [0.2, 0.25) is 0 Å². The number of methoxy groups -OCH3 is 1. The van der Waals surface area contributed by atoms with E-state index < -0.39 is 14.9 Å². The summed E-state index contributed by atoms with van der Waals surface area (Å²) in [5.74, 6) is 0.600. The number of sulfonamides is 1. The first-order chi connectivity index (χ1) is 13.8. The van der Waals surface area contributed by atoms with Crippen molar-refractivity contribution in [2.24, 2.45) is 10.4 Å². The molecule has 1 aliphatic carbocycles. The van der Waals surface area contributed by atoms with Gasteiger partial charge in [0.25, 0.3) is 5.69 Å². The number of ether oxygens (including phenoxy) is 1. The van der Waals surface area contributed by atoms with Gasteiger partial charge in [0.2, 0.25) is 10.0 Å². The maximum atomic E-state index is 12.3. The van der Waals surface area contributed by atoms with Crippen molar-refractivity contribution < 1.29 is 18.1 Å². The number of nitrogens with zero attached hydrogens (tertiary/aromatic N) is 2. The van der Waals surface area contributed by atoms with E-state index in [1.165, 1.54) is 24.6 Å². The Kier molecular flexibility index (Phi) is 10.9. The largest absolute Gasteiger partial charge is 0.385 e. The predicted molar refractivity (Wildman–Crippen MR) is 126 cm³/mol. The highest BCUT2D eigenvalue weighted by atomic mass is 127. The molecule has 0 unspecified atom stereocenters. The molecule has 1 fully saturated rings. The number of halogens is 1. The molecule has 0 aromatic heterocycles. The zero-order valence-electron chi connectivity index (χ0n) is 17.2. The molecule has 1 aromatic rings. The third-order valence-electron chi connectivity index (χ3n) is 5.15. The molecule has 30 heavy (non-hydrogen) atoms. The van der Waals surface area contributed by atoms with Crippen LogP contribution in [-0.2, 0) is 14.8 Å². The monoisotopic (exact) mass is 555 g/mol. The zero-order valence-corrected chi connectivity index (χ0v) is 20.4. The highest BCUT2D eigenvalue weighted by Crippen LogP contribution is 2.43.